The second kappa shape index (κ2) is 3.18. The standard InChI is InChI=1S/C7H15N2/c1-2-7(8)9-5-3-4-6-9/h7-8H,2-6H2,1H3. The molecule has 53 valence electrons. The second-order valence-electron chi connectivity index (χ2n) is 2.67. The first-order chi connectivity index (χ1) is 4.34. The minimum absolute atomic E-state index is 0.0764. The highest BCUT2D eigenvalue weighted by molar-refractivity contribution is 4.69. The van der Waals surface area contributed by atoms with Crippen LogP contribution in [-0.4, -0.2) is 24.2 Å². The minimum atomic E-state index is 0.0764. The van der Waals surface area contributed by atoms with Gasteiger partial charge >= 0.3 is 0 Å². The molecule has 1 rings (SSSR count). The summed E-state index contributed by atoms with van der Waals surface area (Å²) in [6.07, 6.45) is 3.65. The van der Waals surface area contributed by atoms with Gasteiger partial charge in [-0.2, -0.15) is 0 Å². The van der Waals surface area contributed by atoms with Gasteiger partial charge in [0, 0.05) is 0 Å². The lowest BCUT2D eigenvalue weighted by Gasteiger charge is -2.20. The molecule has 2 heteroatoms. The fourth-order valence-corrected chi connectivity index (χ4v) is 1.31. The van der Waals surface area contributed by atoms with Crippen molar-refractivity contribution >= 4 is 0 Å². The zero-order chi connectivity index (χ0) is 6.69. The maximum atomic E-state index is 7.54. The lowest BCUT2D eigenvalue weighted by molar-refractivity contribution is 0.235. The van der Waals surface area contributed by atoms with Crippen LogP contribution in [0.3, 0.4) is 0 Å². The van der Waals surface area contributed by atoms with Gasteiger partial charge in [-0.1, -0.05) is 6.92 Å². The third-order valence-electron chi connectivity index (χ3n) is 1.97. The third kappa shape index (κ3) is 1.66. The molecule has 0 aromatic heterocycles. The normalized spacial score (nSPS) is 24.7. The Morgan fingerprint density at radius 3 is 2.44 bits per heavy atom. The third-order valence-corrected chi connectivity index (χ3v) is 1.97. The van der Waals surface area contributed by atoms with Crippen molar-refractivity contribution in [1.82, 2.24) is 10.6 Å². The van der Waals surface area contributed by atoms with E-state index >= 15 is 0 Å². The molecular weight excluding hydrogens is 112 g/mol. The molecule has 9 heavy (non-hydrogen) atoms. The monoisotopic (exact) mass is 127 g/mol. The van der Waals surface area contributed by atoms with Crippen LogP contribution in [0.1, 0.15) is 26.2 Å². The second-order valence-corrected chi connectivity index (χ2v) is 2.67. The average molecular weight is 127 g/mol. The number of likely N-dealkylation sites (tertiary alicyclic amines) is 1. The molecule has 0 aliphatic carbocycles. The van der Waals surface area contributed by atoms with E-state index < -0.39 is 0 Å². The minimum Gasteiger partial charge on any atom is -0.287 e. The van der Waals surface area contributed by atoms with E-state index in [1.165, 1.54) is 12.8 Å². The molecule has 1 radical (unpaired) electrons. The molecule has 1 aliphatic heterocycles. The average Bonchev–Trinajstić information content (AvgIpc) is 2.37. The smallest absolute Gasteiger partial charge is 0.0726 e. The molecule has 1 saturated heterocycles. The Hall–Kier alpha value is -0.0800. The molecule has 1 atom stereocenters. The summed E-state index contributed by atoms with van der Waals surface area (Å²) in [7, 11) is 0. The quantitative estimate of drug-likeness (QED) is 0.545. The summed E-state index contributed by atoms with van der Waals surface area (Å²) in [5, 5.41) is 0. The molecule has 0 bridgehead atoms. The summed E-state index contributed by atoms with van der Waals surface area (Å²) < 4.78 is 0. The van der Waals surface area contributed by atoms with Gasteiger partial charge in [-0.05, 0) is 32.4 Å². The van der Waals surface area contributed by atoms with Crippen molar-refractivity contribution < 1.29 is 0 Å². The van der Waals surface area contributed by atoms with E-state index in [9.17, 15) is 0 Å². The van der Waals surface area contributed by atoms with Crippen molar-refractivity contribution in [3.63, 3.8) is 0 Å². The Balaban J connectivity index is 2.24. The van der Waals surface area contributed by atoms with E-state index in [-0.39, 0.29) is 6.17 Å². The highest BCUT2D eigenvalue weighted by Crippen LogP contribution is 2.10. The molecular formula is C7H15N2. The molecule has 0 aromatic carbocycles. The van der Waals surface area contributed by atoms with Crippen molar-refractivity contribution in [1.29, 1.82) is 0 Å². The van der Waals surface area contributed by atoms with Gasteiger partial charge in [-0.25, -0.2) is 5.73 Å². The topological polar surface area (TPSA) is 27.0 Å². The van der Waals surface area contributed by atoms with Gasteiger partial charge < -0.3 is 0 Å². The van der Waals surface area contributed by atoms with Gasteiger partial charge in [0.05, 0.1) is 6.17 Å². The molecule has 1 aliphatic rings. The van der Waals surface area contributed by atoms with Gasteiger partial charge in [0.1, 0.15) is 0 Å². The molecule has 0 aromatic rings. The van der Waals surface area contributed by atoms with Gasteiger partial charge in [-0.15, -0.1) is 0 Å². The summed E-state index contributed by atoms with van der Waals surface area (Å²) in [4.78, 5) is 2.25. The zero-order valence-electron chi connectivity index (χ0n) is 6.06. The molecule has 0 saturated carbocycles. The van der Waals surface area contributed by atoms with E-state index in [1.807, 2.05) is 0 Å². The van der Waals surface area contributed by atoms with Crippen LogP contribution in [0.2, 0.25) is 0 Å². The van der Waals surface area contributed by atoms with Crippen LogP contribution in [0.25, 0.3) is 0 Å². The number of nitrogens with one attached hydrogen (secondary N) is 1. The van der Waals surface area contributed by atoms with Crippen molar-refractivity contribution in [3.05, 3.63) is 0 Å². The molecule has 0 spiro atoms. The maximum absolute atomic E-state index is 7.54. The molecule has 1 N–H and O–H groups in total. The Kier molecular flexibility index (Phi) is 2.49. The van der Waals surface area contributed by atoms with Gasteiger partial charge in [0.25, 0.3) is 0 Å². The van der Waals surface area contributed by atoms with Crippen LogP contribution in [-0.2, 0) is 0 Å². The molecule has 1 fully saturated rings. The lowest BCUT2D eigenvalue weighted by Crippen LogP contribution is -2.32. The van der Waals surface area contributed by atoms with Crippen molar-refractivity contribution in [2.24, 2.45) is 0 Å². The Bertz CT molecular complexity index is 77.0. The summed E-state index contributed by atoms with van der Waals surface area (Å²) in [5.74, 6) is 0. The molecule has 0 amide bonds. The van der Waals surface area contributed by atoms with Crippen LogP contribution in [0.5, 0.6) is 0 Å². The van der Waals surface area contributed by atoms with Crippen LogP contribution in [0.4, 0.5) is 0 Å². The Morgan fingerprint density at radius 2 is 2.00 bits per heavy atom. The number of hydrogen-bond acceptors (Lipinski definition) is 1. The molecule has 2 nitrogen and oxygen atoms in total. The first kappa shape index (κ1) is 7.03. The van der Waals surface area contributed by atoms with Crippen LogP contribution >= 0.6 is 0 Å². The number of rotatable bonds is 2. The maximum Gasteiger partial charge on any atom is 0.0726 e. The number of nitrogens with zero attached hydrogens (tertiary/aromatic N) is 1. The van der Waals surface area contributed by atoms with E-state index in [1.54, 1.807) is 0 Å². The first-order valence-electron chi connectivity index (χ1n) is 3.79. The van der Waals surface area contributed by atoms with Crippen molar-refractivity contribution in [3.8, 4) is 0 Å². The van der Waals surface area contributed by atoms with Crippen molar-refractivity contribution in [2.45, 2.75) is 32.4 Å². The SMILES string of the molecule is CCC([NH])N1CCCC1. The van der Waals surface area contributed by atoms with Gasteiger partial charge in [0.2, 0.25) is 0 Å². The zero-order valence-corrected chi connectivity index (χ0v) is 6.06. The fraction of sp³-hybridized carbons (Fsp3) is 1.00. The summed E-state index contributed by atoms with van der Waals surface area (Å²) in [6.45, 7) is 4.39. The predicted octanol–water partition coefficient (Wildman–Crippen LogP) is 1.10. The summed E-state index contributed by atoms with van der Waals surface area (Å²) in [5.41, 5.74) is 7.54. The van der Waals surface area contributed by atoms with E-state index in [4.69, 9.17) is 5.73 Å². The highest BCUT2D eigenvalue weighted by Gasteiger charge is 2.16. The van der Waals surface area contributed by atoms with Gasteiger partial charge in [0.15, 0.2) is 0 Å². The van der Waals surface area contributed by atoms with Gasteiger partial charge in [-0.3, -0.25) is 4.90 Å². The lowest BCUT2D eigenvalue weighted by atomic mass is 10.3. The van der Waals surface area contributed by atoms with Crippen molar-refractivity contribution in [2.75, 3.05) is 13.1 Å². The Labute approximate surface area is 57.0 Å². The van der Waals surface area contributed by atoms with Crippen LogP contribution in [0, 0.1) is 0 Å². The van der Waals surface area contributed by atoms with Crippen LogP contribution < -0.4 is 5.73 Å². The predicted molar refractivity (Wildman–Crippen MR) is 38.0 cm³/mol. The van der Waals surface area contributed by atoms with E-state index in [0.717, 1.165) is 19.5 Å². The highest BCUT2D eigenvalue weighted by atomic mass is 15.2. The van der Waals surface area contributed by atoms with E-state index in [0.29, 0.717) is 0 Å². The molecule has 1 heterocycles. The number of hydrogen-bond donors (Lipinski definition) is 0. The Morgan fingerprint density at radius 1 is 1.44 bits per heavy atom. The fourth-order valence-electron chi connectivity index (χ4n) is 1.31. The summed E-state index contributed by atoms with van der Waals surface area (Å²) in [6, 6.07) is 0. The summed E-state index contributed by atoms with van der Waals surface area (Å²) >= 11 is 0. The molecule has 1 unspecified atom stereocenters. The van der Waals surface area contributed by atoms with Crippen LogP contribution in [0.15, 0.2) is 0 Å². The largest absolute Gasteiger partial charge is 0.287 e. The first-order valence-corrected chi connectivity index (χ1v) is 3.79. The van der Waals surface area contributed by atoms with E-state index in [2.05, 4.69) is 11.8 Å².